The molecular formula is C15H13F2N3O3. The summed E-state index contributed by atoms with van der Waals surface area (Å²) in [5.74, 6) is -0.273. The molecule has 0 spiro atoms. The second kappa shape index (κ2) is 5.59. The van der Waals surface area contributed by atoms with Gasteiger partial charge in [0.1, 0.15) is 5.75 Å². The van der Waals surface area contributed by atoms with Gasteiger partial charge < -0.3 is 9.84 Å². The zero-order valence-corrected chi connectivity index (χ0v) is 11.9. The van der Waals surface area contributed by atoms with Gasteiger partial charge in [-0.3, -0.25) is 9.36 Å². The normalized spacial score (nSPS) is 23.5. The van der Waals surface area contributed by atoms with Crippen LogP contribution in [0.2, 0.25) is 0 Å². The number of hydrogen-bond acceptors (Lipinski definition) is 5. The summed E-state index contributed by atoms with van der Waals surface area (Å²) < 4.78 is 29.9. The van der Waals surface area contributed by atoms with E-state index in [0.29, 0.717) is 12.8 Å². The number of hydrogen-bond donors (Lipinski definition) is 1. The average molecular weight is 321 g/mol. The van der Waals surface area contributed by atoms with E-state index in [4.69, 9.17) is 5.26 Å². The number of fused-ring (bicyclic) bond motifs is 1. The van der Waals surface area contributed by atoms with Crippen LogP contribution in [-0.2, 0) is 6.54 Å². The first-order valence-electron chi connectivity index (χ1n) is 6.96. The molecule has 3 rings (SSSR count). The lowest BCUT2D eigenvalue weighted by molar-refractivity contribution is -0.0703. The minimum Gasteiger partial charge on any atom is -0.435 e. The van der Waals surface area contributed by atoms with Crippen molar-refractivity contribution in [2.75, 3.05) is 0 Å². The summed E-state index contributed by atoms with van der Waals surface area (Å²) in [7, 11) is 0. The Hall–Kier alpha value is -2.53. The van der Waals surface area contributed by atoms with Crippen molar-refractivity contribution in [2.45, 2.75) is 31.6 Å². The zero-order valence-electron chi connectivity index (χ0n) is 11.9. The molecule has 0 atom stereocenters. The molecule has 0 unspecified atom stereocenters. The quantitative estimate of drug-likeness (QED) is 0.925. The number of benzene rings is 1. The number of ether oxygens (including phenoxy) is 1. The van der Waals surface area contributed by atoms with Gasteiger partial charge in [-0.2, -0.15) is 14.0 Å². The highest BCUT2D eigenvalue weighted by Crippen LogP contribution is 2.38. The van der Waals surface area contributed by atoms with Crippen LogP contribution in [0.3, 0.4) is 0 Å². The second-order valence-corrected chi connectivity index (χ2v) is 5.69. The second-order valence-electron chi connectivity index (χ2n) is 5.69. The number of aliphatic hydroxyl groups is 1. The molecule has 2 aromatic rings. The maximum Gasteiger partial charge on any atom is 0.387 e. The van der Waals surface area contributed by atoms with Crippen molar-refractivity contribution in [3.63, 3.8) is 0 Å². The summed E-state index contributed by atoms with van der Waals surface area (Å²) in [6.45, 7) is -2.91. The molecule has 120 valence electrons. The minimum absolute atomic E-state index is 0.0439. The van der Waals surface area contributed by atoms with Gasteiger partial charge in [0.05, 0.1) is 41.4 Å². The van der Waals surface area contributed by atoms with E-state index in [2.05, 4.69) is 15.8 Å². The van der Waals surface area contributed by atoms with Crippen LogP contribution in [0.25, 0.3) is 10.9 Å². The highest BCUT2D eigenvalue weighted by molar-refractivity contribution is 5.78. The van der Waals surface area contributed by atoms with Gasteiger partial charge in [0.15, 0.2) is 0 Å². The lowest BCUT2D eigenvalue weighted by Crippen LogP contribution is -2.48. The summed E-state index contributed by atoms with van der Waals surface area (Å²) in [5.41, 5.74) is -1.23. The van der Waals surface area contributed by atoms with E-state index in [1.807, 2.05) is 0 Å². The van der Waals surface area contributed by atoms with E-state index in [9.17, 15) is 18.7 Å². The van der Waals surface area contributed by atoms with Crippen LogP contribution in [-0.4, -0.2) is 26.9 Å². The van der Waals surface area contributed by atoms with Gasteiger partial charge in [-0.25, -0.2) is 4.98 Å². The summed E-state index contributed by atoms with van der Waals surface area (Å²) >= 11 is 0. The predicted molar refractivity (Wildman–Crippen MR) is 75.9 cm³/mol. The number of rotatable bonds is 4. The molecule has 1 fully saturated rings. The maximum absolute atomic E-state index is 12.4. The highest BCUT2D eigenvalue weighted by Gasteiger charge is 2.43. The fourth-order valence-electron chi connectivity index (χ4n) is 2.82. The van der Waals surface area contributed by atoms with Crippen LogP contribution in [0.5, 0.6) is 5.75 Å². The van der Waals surface area contributed by atoms with Gasteiger partial charge in [-0.15, -0.1) is 0 Å². The molecule has 0 bridgehead atoms. The van der Waals surface area contributed by atoms with Gasteiger partial charge in [0.2, 0.25) is 0 Å². The van der Waals surface area contributed by atoms with Crippen molar-refractivity contribution in [1.82, 2.24) is 9.55 Å². The summed E-state index contributed by atoms with van der Waals surface area (Å²) in [5, 5.41) is 19.3. The monoisotopic (exact) mass is 321 g/mol. The Morgan fingerprint density at radius 1 is 1.52 bits per heavy atom. The van der Waals surface area contributed by atoms with Crippen molar-refractivity contribution in [3.05, 3.63) is 34.9 Å². The zero-order chi connectivity index (χ0) is 16.6. The Morgan fingerprint density at radius 2 is 2.26 bits per heavy atom. The molecule has 0 radical (unpaired) electrons. The van der Waals surface area contributed by atoms with Gasteiger partial charge in [0.25, 0.3) is 5.56 Å². The van der Waals surface area contributed by atoms with Gasteiger partial charge >= 0.3 is 6.61 Å². The van der Waals surface area contributed by atoms with E-state index in [0.717, 1.165) is 0 Å². The third kappa shape index (κ3) is 3.00. The molecule has 1 aromatic carbocycles. The topological polar surface area (TPSA) is 88.1 Å². The van der Waals surface area contributed by atoms with Crippen molar-refractivity contribution in [1.29, 1.82) is 5.26 Å². The third-order valence-electron chi connectivity index (χ3n) is 3.92. The Morgan fingerprint density at radius 3 is 2.91 bits per heavy atom. The number of halogens is 2. The molecule has 1 aliphatic rings. The van der Waals surface area contributed by atoms with Crippen LogP contribution in [0.15, 0.2) is 29.3 Å². The van der Waals surface area contributed by atoms with Crippen molar-refractivity contribution in [3.8, 4) is 11.8 Å². The Kier molecular flexibility index (Phi) is 3.74. The van der Waals surface area contributed by atoms with Crippen molar-refractivity contribution in [2.24, 2.45) is 5.92 Å². The van der Waals surface area contributed by atoms with Crippen LogP contribution < -0.4 is 10.3 Å². The lowest BCUT2D eigenvalue weighted by atomic mass is 9.71. The largest absolute Gasteiger partial charge is 0.435 e. The lowest BCUT2D eigenvalue weighted by Gasteiger charge is -2.40. The smallest absolute Gasteiger partial charge is 0.387 e. The fraction of sp³-hybridized carbons (Fsp3) is 0.400. The maximum atomic E-state index is 12.4. The molecule has 1 saturated carbocycles. The molecule has 1 heterocycles. The SMILES string of the molecule is N#CC1CC(O)(Cn2cnc3cc(OC(F)F)ccc3c2=O)C1. The molecule has 23 heavy (non-hydrogen) atoms. The van der Waals surface area contributed by atoms with Crippen molar-refractivity contribution < 1.29 is 18.6 Å². The molecule has 8 heteroatoms. The van der Waals surface area contributed by atoms with Gasteiger partial charge in [-0.1, -0.05) is 0 Å². The molecule has 0 amide bonds. The van der Waals surface area contributed by atoms with E-state index < -0.39 is 12.2 Å². The van der Waals surface area contributed by atoms with Gasteiger partial charge in [0, 0.05) is 6.07 Å². The fourth-order valence-corrected chi connectivity index (χ4v) is 2.82. The summed E-state index contributed by atoms with van der Waals surface area (Å²) in [4.78, 5) is 16.4. The van der Waals surface area contributed by atoms with E-state index in [-0.39, 0.29) is 34.7 Å². The number of alkyl halides is 2. The molecule has 6 nitrogen and oxygen atoms in total. The number of nitriles is 1. The average Bonchev–Trinajstić information content (AvgIpc) is 2.47. The molecule has 0 saturated heterocycles. The minimum atomic E-state index is -2.95. The Balaban J connectivity index is 1.88. The molecular weight excluding hydrogens is 308 g/mol. The highest BCUT2D eigenvalue weighted by atomic mass is 19.3. The predicted octanol–water partition coefficient (Wildman–Crippen LogP) is 1.66. The Bertz CT molecular complexity index is 838. The van der Waals surface area contributed by atoms with Crippen LogP contribution in [0.4, 0.5) is 8.78 Å². The summed E-state index contributed by atoms with van der Waals surface area (Å²) in [6, 6.07) is 5.96. The molecule has 0 aliphatic heterocycles. The number of aromatic nitrogens is 2. The third-order valence-corrected chi connectivity index (χ3v) is 3.92. The van der Waals surface area contributed by atoms with E-state index in [1.54, 1.807) is 0 Å². The summed E-state index contributed by atoms with van der Waals surface area (Å²) in [6.07, 6.45) is 1.89. The first-order chi connectivity index (χ1) is 10.9. The molecule has 1 aromatic heterocycles. The first kappa shape index (κ1) is 15.4. The number of nitrogens with zero attached hydrogens (tertiary/aromatic N) is 3. The standard InChI is InChI=1S/C15H13F2N3O3/c16-14(17)23-10-1-2-11-12(3-10)19-8-20(13(11)21)7-15(22)4-9(5-15)6-18/h1-3,8-9,14,22H,4-5,7H2. The van der Waals surface area contributed by atoms with Gasteiger partial charge in [-0.05, 0) is 25.0 Å². The molecule has 1 N–H and O–H groups in total. The first-order valence-corrected chi connectivity index (χ1v) is 6.96. The van der Waals surface area contributed by atoms with Crippen LogP contribution in [0, 0.1) is 17.2 Å². The molecule has 1 aliphatic carbocycles. The Labute approximate surface area is 129 Å². The van der Waals surface area contributed by atoms with Crippen molar-refractivity contribution >= 4 is 10.9 Å². The van der Waals surface area contributed by atoms with E-state index in [1.165, 1.54) is 29.1 Å². The van der Waals surface area contributed by atoms with E-state index >= 15 is 0 Å². The van der Waals surface area contributed by atoms with Crippen LogP contribution in [0.1, 0.15) is 12.8 Å². The van der Waals surface area contributed by atoms with Crippen LogP contribution >= 0.6 is 0 Å².